The SMILES string of the molecule is Cc1cc(C(c2cc(C)c(O)c(CO)c2)c2cc(CO)c(O)c(CO)c2)cc(CO)c1O. The van der Waals surface area contributed by atoms with Gasteiger partial charge in [-0.1, -0.05) is 12.1 Å². The first kappa shape index (κ1) is 23.6. The Balaban J connectivity index is 2.36. The van der Waals surface area contributed by atoms with Gasteiger partial charge in [-0.15, -0.1) is 0 Å². The Morgan fingerprint density at radius 1 is 0.500 bits per heavy atom. The number of aliphatic hydroxyl groups is 4. The maximum Gasteiger partial charge on any atom is 0.126 e. The van der Waals surface area contributed by atoms with Gasteiger partial charge in [0.1, 0.15) is 17.2 Å². The van der Waals surface area contributed by atoms with E-state index in [-0.39, 0.29) is 41.6 Å². The van der Waals surface area contributed by atoms with Gasteiger partial charge in [0, 0.05) is 28.2 Å². The number of benzene rings is 3. The van der Waals surface area contributed by atoms with E-state index < -0.39 is 19.1 Å². The van der Waals surface area contributed by atoms with E-state index >= 15 is 0 Å². The fourth-order valence-electron chi connectivity index (χ4n) is 4.11. The van der Waals surface area contributed by atoms with Crippen molar-refractivity contribution in [1.82, 2.24) is 0 Å². The minimum atomic E-state index is -0.514. The van der Waals surface area contributed by atoms with Gasteiger partial charge in [-0.25, -0.2) is 0 Å². The largest absolute Gasteiger partial charge is 0.507 e. The predicted octanol–water partition coefficient (Wildman–Crippen LogP) is 2.57. The van der Waals surface area contributed by atoms with Gasteiger partial charge in [-0.05, 0) is 65.9 Å². The predicted molar refractivity (Wildman–Crippen MR) is 118 cm³/mol. The zero-order valence-electron chi connectivity index (χ0n) is 18.0. The summed E-state index contributed by atoms with van der Waals surface area (Å²) in [6.07, 6.45) is 0. The first-order chi connectivity index (χ1) is 15.2. The van der Waals surface area contributed by atoms with E-state index in [1.807, 2.05) is 0 Å². The third-order valence-corrected chi connectivity index (χ3v) is 5.78. The van der Waals surface area contributed by atoms with Gasteiger partial charge in [0.2, 0.25) is 0 Å². The molecule has 7 N–H and O–H groups in total. The van der Waals surface area contributed by atoms with Crippen LogP contribution < -0.4 is 0 Å². The van der Waals surface area contributed by atoms with Crippen molar-refractivity contribution in [3.63, 3.8) is 0 Å². The molecule has 0 heterocycles. The molecule has 170 valence electrons. The average Bonchev–Trinajstić information content (AvgIpc) is 2.79. The smallest absolute Gasteiger partial charge is 0.126 e. The Morgan fingerprint density at radius 3 is 1.09 bits per heavy atom. The molecule has 3 aromatic rings. The van der Waals surface area contributed by atoms with Crippen LogP contribution in [0.5, 0.6) is 17.2 Å². The maximum absolute atomic E-state index is 10.3. The van der Waals surface area contributed by atoms with Gasteiger partial charge in [0.15, 0.2) is 0 Å². The van der Waals surface area contributed by atoms with Crippen LogP contribution in [0.25, 0.3) is 0 Å². The van der Waals surface area contributed by atoms with Crippen LogP contribution in [0, 0.1) is 13.8 Å². The molecule has 0 fully saturated rings. The molecule has 0 bridgehead atoms. The fourth-order valence-corrected chi connectivity index (χ4v) is 4.11. The van der Waals surface area contributed by atoms with Crippen molar-refractivity contribution in [3.05, 3.63) is 86.5 Å². The summed E-state index contributed by atoms with van der Waals surface area (Å²) < 4.78 is 0. The molecular weight excluding hydrogens is 412 g/mol. The molecule has 0 aliphatic carbocycles. The number of rotatable bonds is 7. The standard InChI is InChI=1S/C25H28O7/c1-13-3-15(5-18(9-26)23(13)30)22(16-4-14(2)24(31)19(6-16)10-27)17-7-20(11-28)25(32)21(8-17)12-29/h3-8,22,26-32H,9-12H2,1-2H3. The van der Waals surface area contributed by atoms with Crippen LogP contribution in [0.15, 0.2) is 36.4 Å². The maximum atomic E-state index is 10.3. The minimum Gasteiger partial charge on any atom is -0.507 e. The summed E-state index contributed by atoms with van der Waals surface area (Å²) >= 11 is 0. The van der Waals surface area contributed by atoms with Crippen molar-refractivity contribution in [2.45, 2.75) is 46.2 Å². The summed E-state index contributed by atoms with van der Waals surface area (Å²) in [6.45, 7) is 1.81. The number of aliphatic hydroxyl groups excluding tert-OH is 4. The van der Waals surface area contributed by atoms with Crippen molar-refractivity contribution in [1.29, 1.82) is 0 Å². The summed E-state index contributed by atoms with van der Waals surface area (Å²) in [6, 6.07) is 10.1. The second-order valence-corrected chi connectivity index (χ2v) is 7.94. The molecule has 7 heteroatoms. The highest BCUT2D eigenvalue weighted by molar-refractivity contribution is 5.55. The first-order valence-electron chi connectivity index (χ1n) is 10.2. The topological polar surface area (TPSA) is 142 Å². The molecule has 0 unspecified atom stereocenters. The second-order valence-electron chi connectivity index (χ2n) is 7.94. The van der Waals surface area contributed by atoms with Gasteiger partial charge >= 0.3 is 0 Å². The van der Waals surface area contributed by atoms with Crippen LogP contribution in [-0.4, -0.2) is 35.7 Å². The molecule has 0 aliphatic heterocycles. The minimum absolute atomic E-state index is 0.00858. The summed E-state index contributed by atoms with van der Waals surface area (Å²) in [5, 5.41) is 69.8. The van der Waals surface area contributed by atoms with Crippen molar-refractivity contribution in [2.75, 3.05) is 0 Å². The van der Waals surface area contributed by atoms with Crippen LogP contribution in [0.2, 0.25) is 0 Å². The lowest BCUT2D eigenvalue weighted by atomic mass is 9.81. The van der Waals surface area contributed by atoms with E-state index in [2.05, 4.69) is 0 Å². The van der Waals surface area contributed by atoms with Gasteiger partial charge in [-0.3, -0.25) is 0 Å². The molecule has 0 amide bonds. The summed E-state index contributed by atoms with van der Waals surface area (Å²) in [7, 11) is 0. The van der Waals surface area contributed by atoms with E-state index in [1.165, 1.54) is 0 Å². The molecule has 0 aliphatic rings. The molecule has 32 heavy (non-hydrogen) atoms. The van der Waals surface area contributed by atoms with Crippen LogP contribution in [0.3, 0.4) is 0 Å². The Labute approximate surface area is 186 Å². The van der Waals surface area contributed by atoms with Crippen LogP contribution in [0.4, 0.5) is 0 Å². The zero-order valence-corrected chi connectivity index (χ0v) is 18.0. The van der Waals surface area contributed by atoms with Crippen molar-refractivity contribution in [2.24, 2.45) is 0 Å². The number of hydrogen-bond acceptors (Lipinski definition) is 7. The third-order valence-electron chi connectivity index (χ3n) is 5.78. The average molecular weight is 440 g/mol. The number of phenols is 3. The van der Waals surface area contributed by atoms with Crippen LogP contribution in [0.1, 0.15) is 56.0 Å². The van der Waals surface area contributed by atoms with Crippen molar-refractivity contribution < 1.29 is 35.7 Å². The molecule has 3 rings (SSSR count). The lowest BCUT2D eigenvalue weighted by molar-refractivity contribution is 0.263. The Kier molecular flexibility index (Phi) is 7.06. The quantitative estimate of drug-likeness (QED) is 0.280. The third kappa shape index (κ3) is 4.28. The summed E-state index contributed by atoms with van der Waals surface area (Å²) in [5.74, 6) is -0.717. The molecule has 0 saturated heterocycles. The number of aromatic hydroxyl groups is 3. The van der Waals surface area contributed by atoms with Crippen molar-refractivity contribution in [3.8, 4) is 17.2 Å². The molecule has 7 nitrogen and oxygen atoms in total. The summed E-state index contributed by atoms with van der Waals surface area (Å²) in [5.41, 5.74) is 4.32. The zero-order chi connectivity index (χ0) is 23.6. The lowest BCUT2D eigenvalue weighted by Crippen LogP contribution is -2.08. The fraction of sp³-hybridized carbons (Fsp3) is 0.280. The van der Waals surface area contributed by atoms with Gasteiger partial charge in [0.05, 0.1) is 26.4 Å². The Hall–Kier alpha value is -3.10. The second kappa shape index (κ2) is 9.58. The Morgan fingerprint density at radius 2 is 0.781 bits per heavy atom. The van der Waals surface area contributed by atoms with Gasteiger partial charge < -0.3 is 35.7 Å². The highest BCUT2D eigenvalue weighted by Crippen LogP contribution is 2.40. The van der Waals surface area contributed by atoms with Gasteiger partial charge in [0.25, 0.3) is 0 Å². The van der Waals surface area contributed by atoms with Gasteiger partial charge in [-0.2, -0.15) is 0 Å². The normalized spacial score (nSPS) is 11.3. The molecule has 0 saturated carbocycles. The molecule has 0 radical (unpaired) electrons. The molecule has 0 aromatic heterocycles. The highest BCUT2D eigenvalue weighted by Gasteiger charge is 2.23. The van der Waals surface area contributed by atoms with E-state index in [4.69, 9.17) is 0 Å². The lowest BCUT2D eigenvalue weighted by Gasteiger charge is -2.24. The van der Waals surface area contributed by atoms with Crippen LogP contribution >= 0.6 is 0 Å². The summed E-state index contributed by atoms with van der Waals surface area (Å²) in [4.78, 5) is 0. The van der Waals surface area contributed by atoms with E-state index in [0.717, 1.165) is 0 Å². The molecular formula is C25H28O7. The van der Waals surface area contributed by atoms with E-state index in [9.17, 15) is 35.7 Å². The monoisotopic (exact) mass is 440 g/mol. The van der Waals surface area contributed by atoms with E-state index in [1.54, 1.807) is 50.2 Å². The molecule has 0 atom stereocenters. The Bertz CT molecular complexity index is 1050. The highest BCUT2D eigenvalue weighted by atomic mass is 16.3. The van der Waals surface area contributed by atoms with Crippen molar-refractivity contribution >= 4 is 0 Å². The molecule has 0 spiro atoms. The van der Waals surface area contributed by atoms with E-state index in [0.29, 0.717) is 38.9 Å². The number of aryl methyl sites for hydroxylation is 2. The van der Waals surface area contributed by atoms with Crippen LogP contribution in [-0.2, 0) is 26.4 Å². The first-order valence-corrected chi connectivity index (χ1v) is 10.2. The molecule has 3 aromatic carbocycles. The number of hydrogen-bond donors (Lipinski definition) is 7.